The van der Waals surface area contributed by atoms with Gasteiger partial charge in [0.05, 0.1) is 12.2 Å². The number of para-hydroxylation sites is 2. The van der Waals surface area contributed by atoms with Crippen molar-refractivity contribution in [3.8, 4) is 17.6 Å². The Kier molecular flexibility index (Phi) is 6.50. The van der Waals surface area contributed by atoms with Crippen LogP contribution in [-0.4, -0.2) is 31.7 Å². The van der Waals surface area contributed by atoms with E-state index in [0.29, 0.717) is 28.7 Å². The van der Waals surface area contributed by atoms with E-state index < -0.39 is 18.5 Å². The molecule has 1 aliphatic rings. The van der Waals surface area contributed by atoms with Crippen LogP contribution in [0.3, 0.4) is 0 Å². The zero-order valence-corrected chi connectivity index (χ0v) is 16.3. The van der Waals surface area contributed by atoms with Crippen molar-refractivity contribution in [1.29, 1.82) is 5.26 Å². The summed E-state index contributed by atoms with van der Waals surface area (Å²) in [7, 11) is 0. The van der Waals surface area contributed by atoms with Crippen LogP contribution in [0.25, 0.3) is 0 Å². The fourth-order valence-corrected chi connectivity index (χ4v) is 4.20. The maximum Gasteiger partial charge on any atom is 0.344 e. The number of carbonyl (C=O) groups excluding carboxylic acids is 2. The number of nitrogens with zero attached hydrogens (tertiary/aromatic N) is 1. The third kappa shape index (κ3) is 4.61. The molecule has 3 rings (SSSR count). The van der Waals surface area contributed by atoms with Gasteiger partial charge in [0.1, 0.15) is 11.1 Å². The molecule has 0 spiro atoms. The Balaban J connectivity index is 1.48. The number of carbonyl (C=O) groups is 2. The highest BCUT2D eigenvalue weighted by Gasteiger charge is 2.23. The first-order valence-corrected chi connectivity index (χ1v) is 9.78. The molecular formula is C20H20N2O5S. The first kappa shape index (κ1) is 19.7. The third-order valence-electron chi connectivity index (χ3n) is 4.14. The van der Waals surface area contributed by atoms with Gasteiger partial charge in [-0.15, -0.1) is 11.3 Å². The normalized spacial score (nSPS) is 12.0. The Morgan fingerprint density at radius 1 is 1.18 bits per heavy atom. The third-order valence-corrected chi connectivity index (χ3v) is 5.35. The summed E-state index contributed by atoms with van der Waals surface area (Å²) in [6, 6.07) is 9.15. The van der Waals surface area contributed by atoms with Crippen molar-refractivity contribution in [3.05, 3.63) is 40.3 Å². The maximum atomic E-state index is 12.1. The van der Waals surface area contributed by atoms with Gasteiger partial charge in [-0.25, -0.2) is 4.79 Å². The molecule has 1 aromatic heterocycles. The second-order valence-electron chi connectivity index (χ2n) is 6.05. The van der Waals surface area contributed by atoms with Gasteiger partial charge < -0.3 is 19.5 Å². The van der Waals surface area contributed by atoms with Gasteiger partial charge in [0.2, 0.25) is 0 Å². The molecule has 1 aromatic carbocycles. The van der Waals surface area contributed by atoms with Crippen LogP contribution in [0.1, 0.15) is 29.3 Å². The van der Waals surface area contributed by atoms with Crippen LogP contribution in [0.4, 0.5) is 5.00 Å². The van der Waals surface area contributed by atoms with Crippen LogP contribution in [-0.2, 0) is 27.2 Å². The van der Waals surface area contributed by atoms with E-state index in [1.165, 1.54) is 11.3 Å². The molecule has 0 saturated heterocycles. The number of hydrogen-bond acceptors (Lipinski definition) is 7. The quantitative estimate of drug-likeness (QED) is 0.684. The van der Waals surface area contributed by atoms with E-state index >= 15 is 0 Å². The number of anilines is 1. The molecule has 2 aromatic rings. The molecule has 0 radical (unpaired) electrons. The van der Waals surface area contributed by atoms with Crippen molar-refractivity contribution in [2.45, 2.75) is 26.2 Å². The minimum absolute atomic E-state index is 0.339. The zero-order chi connectivity index (χ0) is 19.9. The molecule has 0 aliphatic heterocycles. The van der Waals surface area contributed by atoms with Gasteiger partial charge in [0.15, 0.2) is 24.7 Å². The standard InChI is InChI=1S/C20H20N2O5S/c1-2-25-15-7-3-4-8-16(15)26-12-19(24)27-11-18(23)22-20-14(10-21)13-6-5-9-17(13)28-20/h3-4,7-8H,2,5-6,9,11-12H2,1H3,(H,22,23). The molecule has 0 bridgehead atoms. The second kappa shape index (κ2) is 9.24. The Morgan fingerprint density at radius 3 is 2.64 bits per heavy atom. The highest BCUT2D eigenvalue weighted by atomic mass is 32.1. The van der Waals surface area contributed by atoms with E-state index in [-0.39, 0.29) is 6.61 Å². The Bertz CT molecular complexity index is 916. The van der Waals surface area contributed by atoms with Crippen LogP contribution in [0.5, 0.6) is 11.5 Å². The van der Waals surface area contributed by atoms with Gasteiger partial charge in [-0.1, -0.05) is 12.1 Å². The molecule has 8 heteroatoms. The zero-order valence-electron chi connectivity index (χ0n) is 15.4. The number of thiophene rings is 1. The number of esters is 1. The maximum absolute atomic E-state index is 12.1. The van der Waals surface area contributed by atoms with Crippen LogP contribution < -0.4 is 14.8 Å². The number of fused-ring (bicyclic) bond motifs is 1. The molecule has 0 atom stereocenters. The summed E-state index contributed by atoms with van der Waals surface area (Å²) in [5.74, 6) is -0.196. The molecule has 146 valence electrons. The number of hydrogen-bond donors (Lipinski definition) is 1. The van der Waals surface area contributed by atoms with Gasteiger partial charge in [-0.05, 0) is 43.9 Å². The number of aryl methyl sites for hydroxylation is 1. The molecular weight excluding hydrogens is 380 g/mol. The van der Waals surface area contributed by atoms with Gasteiger partial charge >= 0.3 is 5.97 Å². The average Bonchev–Trinajstić information content (AvgIpc) is 3.26. The van der Waals surface area contributed by atoms with Crippen molar-refractivity contribution in [2.75, 3.05) is 25.1 Å². The van der Waals surface area contributed by atoms with Crippen LogP contribution in [0, 0.1) is 11.3 Å². The average molecular weight is 400 g/mol. The highest BCUT2D eigenvalue weighted by Crippen LogP contribution is 2.38. The Hall–Kier alpha value is -3.05. The summed E-state index contributed by atoms with van der Waals surface area (Å²) in [5, 5.41) is 12.5. The van der Waals surface area contributed by atoms with Crippen molar-refractivity contribution >= 4 is 28.2 Å². The molecule has 0 fully saturated rings. The predicted octanol–water partition coefficient (Wildman–Crippen LogP) is 3.07. The molecule has 1 amide bonds. The minimum Gasteiger partial charge on any atom is -0.490 e. The molecule has 1 heterocycles. The molecule has 0 saturated carbocycles. The van der Waals surface area contributed by atoms with Gasteiger partial charge in [-0.3, -0.25) is 4.79 Å². The lowest BCUT2D eigenvalue weighted by Crippen LogP contribution is -2.23. The first-order valence-electron chi connectivity index (χ1n) is 8.97. The van der Waals surface area contributed by atoms with Crippen molar-refractivity contribution in [2.24, 2.45) is 0 Å². The fourth-order valence-electron chi connectivity index (χ4n) is 2.94. The minimum atomic E-state index is -0.671. The molecule has 7 nitrogen and oxygen atoms in total. The van der Waals surface area contributed by atoms with Crippen LogP contribution in [0.2, 0.25) is 0 Å². The largest absolute Gasteiger partial charge is 0.490 e. The lowest BCUT2D eigenvalue weighted by Gasteiger charge is -2.11. The topological polar surface area (TPSA) is 97.7 Å². The summed E-state index contributed by atoms with van der Waals surface area (Å²) in [5.41, 5.74) is 1.55. The SMILES string of the molecule is CCOc1ccccc1OCC(=O)OCC(=O)Nc1sc2c(c1C#N)CCC2. The van der Waals surface area contributed by atoms with E-state index in [1.54, 1.807) is 24.3 Å². The monoisotopic (exact) mass is 400 g/mol. The number of nitrogens with one attached hydrogen (secondary N) is 1. The first-order chi connectivity index (χ1) is 13.6. The van der Waals surface area contributed by atoms with E-state index in [4.69, 9.17) is 14.2 Å². The lowest BCUT2D eigenvalue weighted by atomic mass is 10.1. The number of ether oxygens (including phenoxy) is 3. The molecule has 1 aliphatic carbocycles. The van der Waals surface area contributed by atoms with Crippen LogP contribution >= 0.6 is 11.3 Å². The number of rotatable bonds is 8. The Morgan fingerprint density at radius 2 is 1.93 bits per heavy atom. The van der Waals surface area contributed by atoms with E-state index in [0.717, 1.165) is 29.7 Å². The van der Waals surface area contributed by atoms with E-state index in [9.17, 15) is 14.9 Å². The van der Waals surface area contributed by atoms with Gasteiger partial charge in [0, 0.05) is 4.88 Å². The molecule has 1 N–H and O–H groups in total. The lowest BCUT2D eigenvalue weighted by molar-refractivity contribution is -0.149. The number of nitriles is 1. The van der Waals surface area contributed by atoms with E-state index in [1.807, 2.05) is 6.92 Å². The summed E-state index contributed by atoms with van der Waals surface area (Å²) in [6.07, 6.45) is 2.83. The molecule has 28 heavy (non-hydrogen) atoms. The van der Waals surface area contributed by atoms with Gasteiger partial charge in [0.25, 0.3) is 5.91 Å². The summed E-state index contributed by atoms with van der Waals surface area (Å²) in [4.78, 5) is 25.1. The van der Waals surface area contributed by atoms with Crippen molar-refractivity contribution < 1.29 is 23.8 Å². The summed E-state index contributed by atoms with van der Waals surface area (Å²) in [6.45, 7) is 1.54. The Labute approximate surface area is 166 Å². The van der Waals surface area contributed by atoms with Crippen molar-refractivity contribution in [1.82, 2.24) is 0 Å². The predicted molar refractivity (Wildman–Crippen MR) is 104 cm³/mol. The molecule has 0 unspecified atom stereocenters. The van der Waals surface area contributed by atoms with Crippen LogP contribution in [0.15, 0.2) is 24.3 Å². The van der Waals surface area contributed by atoms with E-state index in [2.05, 4.69) is 11.4 Å². The van der Waals surface area contributed by atoms with Gasteiger partial charge in [-0.2, -0.15) is 5.26 Å². The smallest absolute Gasteiger partial charge is 0.344 e. The number of amides is 1. The fraction of sp³-hybridized carbons (Fsp3) is 0.350. The highest BCUT2D eigenvalue weighted by molar-refractivity contribution is 7.16. The number of benzene rings is 1. The van der Waals surface area contributed by atoms with Crippen molar-refractivity contribution in [3.63, 3.8) is 0 Å². The summed E-state index contributed by atoms with van der Waals surface area (Å²) >= 11 is 1.42. The second-order valence-corrected chi connectivity index (χ2v) is 7.16. The summed E-state index contributed by atoms with van der Waals surface area (Å²) < 4.78 is 15.8.